The number of aliphatic hydroxyl groups is 4. The quantitative estimate of drug-likeness (QED) is 0.221. The van der Waals surface area contributed by atoms with E-state index in [4.69, 9.17) is 18.9 Å². The topological polar surface area (TPSA) is 164 Å². The van der Waals surface area contributed by atoms with E-state index in [0.29, 0.717) is 12.1 Å². The number of esters is 1. The lowest BCUT2D eigenvalue weighted by atomic mass is 9.80. The summed E-state index contributed by atoms with van der Waals surface area (Å²) < 4.78 is 22.1. The number of aromatic amines is 1. The van der Waals surface area contributed by atoms with Crippen LogP contribution in [0.4, 0.5) is 0 Å². The largest absolute Gasteiger partial charge is 0.471 e. The maximum absolute atomic E-state index is 12.7. The molecule has 5 N–H and O–H groups in total. The zero-order chi connectivity index (χ0) is 27.0. The molecule has 11 heteroatoms. The number of carbonyl (C=O) groups excluding carboxylic acids is 1. The molecule has 1 aromatic carbocycles. The Kier molecular flexibility index (Phi) is 7.48. The van der Waals surface area contributed by atoms with Gasteiger partial charge in [0.2, 0.25) is 6.29 Å². The van der Waals surface area contributed by atoms with Crippen LogP contribution >= 0.6 is 0 Å². The first-order valence-corrected chi connectivity index (χ1v) is 12.2. The van der Waals surface area contributed by atoms with Crippen molar-refractivity contribution >= 4 is 27.8 Å². The Hall–Kier alpha value is -3.32. The first-order valence-electron chi connectivity index (χ1n) is 12.2. The van der Waals surface area contributed by atoms with E-state index in [1.807, 2.05) is 30.3 Å². The Balaban J connectivity index is 1.48. The van der Waals surface area contributed by atoms with Crippen LogP contribution in [0.15, 0.2) is 61.0 Å². The number of hydrogen-bond acceptors (Lipinski definition) is 10. The first-order chi connectivity index (χ1) is 18.4. The number of carbonyl (C=O) groups is 1. The van der Waals surface area contributed by atoms with E-state index in [1.54, 1.807) is 12.3 Å². The number of aromatic nitrogens is 2. The average Bonchev–Trinajstić information content (AvgIpc) is 3.33. The third-order valence-electron chi connectivity index (χ3n) is 7.24. The fourth-order valence-corrected chi connectivity index (χ4v) is 5.18. The van der Waals surface area contributed by atoms with Crippen LogP contribution in [0.5, 0.6) is 0 Å². The van der Waals surface area contributed by atoms with Gasteiger partial charge in [-0.25, -0.2) is 4.79 Å². The molecule has 3 aromatic rings. The number of ether oxygens (including phenoxy) is 4. The number of pyridine rings is 1. The van der Waals surface area contributed by atoms with E-state index >= 15 is 0 Å². The maximum atomic E-state index is 12.7. The zero-order valence-corrected chi connectivity index (χ0v) is 20.6. The molecule has 1 fully saturated rings. The third kappa shape index (κ3) is 4.57. The molecule has 202 valence electrons. The molecular formula is C27H30N2O9. The van der Waals surface area contributed by atoms with Crippen LogP contribution in [0.2, 0.25) is 0 Å². The summed E-state index contributed by atoms with van der Waals surface area (Å²) in [5.74, 6) is -1.77. The predicted molar refractivity (Wildman–Crippen MR) is 134 cm³/mol. The van der Waals surface area contributed by atoms with Gasteiger partial charge in [-0.15, -0.1) is 6.58 Å². The van der Waals surface area contributed by atoms with Crippen LogP contribution in [0, 0.1) is 11.8 Å². The number of H-pyrrole nitrogens is 1. The van der Waals surface area contributed by atoms with Gasteiger partial charge in [0.25, 0.3) is 0 Å². The summed E-state index contributed by atoms with van der Waals surface area (Å²) in [7, 11) is 1.27. The monoisotopic (exact) mass is 526 g/mol. The minimum Gasteiger partial charge on any atom is -0.471 e. The molecule has 8 atom stereocenters. The van der Waals surface area contributed by atoms with Gasteiger partial charge in [-0.1, -0.05) is 24.3 Å². The number of para-hydroxylation sites is 1. The minimum absolute atomic E-state index is 0.251. The highest BCUT2D eigenvalue weighted by Crippen LogP contribution is 2.38. The molecule has 0 aliphatic carbocycles. The van der Waals surface area contributed by atoms with Gasteiger partial charge in [0, 0.05) is 34.3 Å². The van der Waals surface area contributed by atoms with Crippen molar-refractivity contribution in [2.45, 2.75) is 43.4 Å². The van der Waals surface area contributed by atoms with Crippen molar-refractivity contribution in [3.63, 3.8) is 0 Å². The highest BCUT2D eigenvalue weighted by Gasteiger charge is 2.47. The Morgan fingerprint density at radius 3 is 2.66 bits per heavy atom. The summed E-state index contributed by atoms with van der Waals surface area (Å²) in [5, 5.41) is 42.2. The van der Waals surface area contributed by atoms with Crippen LogP contribution < -0.4 is 0 Å². The maximum Gasteiger partial charge on any atom is 0.337 e. The normalized spacial score (nSPS) is 31.6. The van der Waals surface area contributed by atoms with Gasteiger partial charge in [0.05, 0.1) is 36.8 Å². The summed E-state index contributed by atoms with van der Waals surface area (Å²) in [4.78, 5) is 20.7. The van der Waals surface area contributed by atoms with E-state index in [-0.39, 0.29) is 5.57 Å². The molecule has 0 saturated carbocycles. The zero-order valence-electron chi connectivity index (χ0n) is 20.6. The van der Waals surface area contributed by atoms with Gasteiger partial charge < -0.3 is 44.4 Å². The van der Waals surface area contributed by atoms with Crippen molar-refractivity contribution in [1.29, 1.82) is 0 Å². The number of hydrogen-bond donors (Lipinski definition) is 5. The molecule has 4 heterocycles. The van der Waals surface area contributed by atoms with E-state index < -0.39 is 61.4 Å². The molecule has 38 heavy (non-hydrogen) atoms. The summed E-state index contributed by atoms with van der Waals surface area (Å²) in [5.41, 5.74) is 2.75. The van der Waals surface area contributed by atoms with Crippen molar-refractivity contribution in [3.8, 4) is 0 Å². The molecule has 2 aliphatic heterocycles. The van der Waals surface area contributed by atoms with E-state index in [9.17, 15) is 25.2 Å². The highest BCUT2D eigenvalue weighted by molar-refractivity contribution is 6.07. The molecule has 2 aromatic heterocycles. The van der Waals surface area contributed by atoms with E-state index in [0.717, 1.165) is 21.8 Å². The number of fused-ring (bicyclic) bond motifs is 3. The van der Waals surface area contributed by atoms with Gasteiger partial charge in [-0.3, -0.25) is 4.98 Å². The predicted octanol–water partition coefficient (Wildman–Crippen LogP) is 0.907. The van der Waals surface area contributed by atoms with Gasteiger partial charge in [0.1, 0.15) is 24.4 Å². The Morgan fingerprint density at radius 2 is 1.92 bits per heavy atom. The summed E-state index contributed by atoms with van der Waals surface area (Å²) in [6, 6.07) is 9.82. The number of benzene rings is 1. The second-order valence-electron chi connectivity index (χ2n) is 9.38. The number of aliphatic hydroxyl groups excluding tert-OH is 4. The summed E-state index contributed by atoms with van der Waals surface area (Å²) in [6.07, 6.45) is -3.61. The molecule has 11 nitrogen and oxygen atoms in total. The molecular weight excluding hydrogens is 496 g/mol. The van der Waals surface area contributed by atoms with Crippen LogP contribution in [-0.4, -0.2) is 87.1 Å². The molecule has 0 amide bonds. The van der Waals surface area contributed by atoms with E-state index in [1.165, 1.54) is 13.4 Å². The lowest BCUT2D eigenvalue weighted by Crippen LogP contribution is -2.60. The van der Waals surface area contributed by atoms with Gasteiger partial charge in [0.15, 0.2) is 6.29 Å². The molecule has 0 spiro atoms. The number of rotatable bonds is 7. The van der Waals surface area contributed by atoms with Gasteiger partial charge in [-0.2, -0.15) is 0 Å². The Morgan fingerprint density at radius 1 is 1.13 bits per heavy atom. The number of methoxy groups -OCH3 is 1. The Bertz CT molecular complexity index is 1350. The standard InChI is InChI=1S/C27H30N2O9/c1-3-13-16(10-19-21-15(8-9-28-19)14-6-4-5-7-18(14)29-21)17(25(34)35-2)12-36-26(13)38-27-24(33)23(32)22(31)20(11-30)37-27/h3-9,12-13,16,20,22-24,26-27,29-33H,1,10-11H2,2H3/t13-,16-,20+,22+,23-,24+,26+,27-/m0/s1. The van der Waals surface area contributed by atoms with Gasteiger partial charge in [-0.05, 0) is 18.6 Å². The highest BCUT2D eigenvalue weighted by atomic mass is 16.8. The van der Waals surface area contributed by atoms with Crippen LogP contribution in [-0.2, 0) is 30.2 Å². The fourth-order valence-electron chi connectivity index (χ4n) is 5.18. The van der Waals surface area contributed by atoms with Crippen molar-refractivity contribution in [2.24, 2.45) is 11.8 Å². The second-order valence-corrected chi connectivity index (χ2v) is 9.38. The van der Waals surface area contributed by atoms with Crippen molar-refractivity contribution in [2.75, 3.05) is 13.7 Å². The molecule has 5 rings (SSSR count). The van der Waals surface area contributed by atoms with Crippen LogP contribution in [0.3, 0.4) is 0 Å². The van der Waals surface area contributed by atoms with Crippen LogP contribution in [0.25, 0.3) is 21.8 Å². The third-order valence-corrected chi connectivity index (χ3v) is 7.24. The minimum atomic E-state index is -1.62. The fraction of sp³-hybridized carbons (Fsp3) is 0.407. The molecule has 2 aliphatic rings. The summed E-state index contributed by atoms with van der Waals surface area (Å²) >= 11 is 0. The van der Waals surface area contributed by atoms with Crippen molar-refractivity contribution in [3.05, 3.63) is 66.7 Å². The van der Waals surface area contributed by atoms with E-state index in [2.05, 4.69) is 16.5 Å². The first kappa shape index (κ1) is 26.3. The van der Waals surface area contributed by atoms with Crippen molar-refractivity contribution in [1.82, 2.24) is 9.97 Å². The molecule has 0 unspecified atom stereocenters. The number of nitrogens with zero attached hydrogens (tertiary/aromatic N) is 1. The Labute approximate surface area is 217 Å². The second kappa shape index (κ2) is 10.8. The van der Waals surface area contributed by atoms with Gasteiger partial charge >= 0.3 is 5.97 Å². The molecule has 0 bridgehead atoms. The molecule has 1 saturated heterocycles. The SMILES string of the molecule is C=C[C@@H]1[C@@H](O[C@@H]2O[C@H](CO)[C@@H](O)[C@H](O)[C@H]2O)OC=C(C(=O)OC)[C@H]1Cc1nccc2c1[nH]c1ccccc12. The summed E-state index contributed by atoms with van der Waals surface area (Å²) in [6.45, 7) is 3.31. The smallest absolute Gasteiger partial charge is 0.337 e. The van der Waals surface area contributed by atoms with Crippen LogP contribution in [0.1, 0.15) is 5.69 Å². The molecule has 0 radical (unpaired) electrons. The lowest BCUT2D eigenvalue weighted by Gasteiger charge is -2.43. The lowest BCUT2D eigenvalue weighted by molar-refractivity contribution is -0.339. The van der Waals surface area contributed by atoms with Crippen molar-refractivity contribution < 1.29 is 44.2 Å². The average molecular weight is 527 g/mol. The number of nitrogens with one attached hydrogen (secondary N) is 1.